The second-order valence-corrected chi connectivity index (χ2v) is 4.88. The van der Waals surface area contributed by atoms with Gasteiger partial charge in [-0.25, -0.2) is 4.39 Å². The Morgan fingerprint density at radius 3 is 2.78 bits per heavy atom. The fourth-order valence-corrected chi connectivity index (χ4v) is 2.33. The number of piperidine rings is 1. The molecular weight excluding hydrogens is 231 g/mol. The molecule has 0 aromatic heterocycles. The zero-order chi connectivity index (χ0) is 13.0. The first kappa shape index (κ1) is 13.2. The van der Waals surface area contributed by atoms with Crippen LogP contribution in [0.5, 0.6) is 0 Å². The fourth-order valence-electron chi connectivity index (χ4n) is 2.33. The van der Waals surface area contributed by atoms with Gasteiger partial charge in [-0.05, 0) is 43.7 Å². The highest BCUT2D eigenvalue weighted by Gasteiger charge is 2.17. The van der Waals surface area contributed by atoms with E-state index in [4.69, 9.17) is 5.73 Å². The molecular formula is C14H19FN2O. The van der Waals surface area contributed by atoms with Crippen LogP contribution in [0.3, 0.4) is 0 Å². The average molecular weight is 250 g/mol. The van der Waals surface area contributed by atoms with Crippen LogP contribution in [0.2, 0.25) is 0 Å². The van der Waals surface area contributed by atoms with E-state index in [0.29, 0.717) is 12.0 Å². The lowest BCUT2D eigenvalue weighted by molar-refractivity contribution is 0.0955. The minimum Gasteiger partial charge on any atom is -0.327 e. The zero-order valence-electron chi connectivity index (χ0n) is 10.4. The average Bonchev–Trinajstić information content (AvgIpc) is 2.37. The van der Waals surface area contributed by atoms with Crippen molar-refractivity contribution in [3.63, 3.8) is 0 Å². The summed E-state index contributed by atoms with van der Waals surface area (Å²) in [5.41, 5.74) is 6.47. The number of carbonyl (C=O) groups is 1. The van der Waals surface area contributed by atoms with Crippen molar-refractivity contribution in [1.29, 1.82) is 0 Å². The SMILES string of the molecule is NC1CCCN(CCC(=O)c2ccc(F)cc2)C1. The van der Waals surface area contributed by atoms with Gasteiger partial charge in [0.15, 0.2) is 5.78 Å². The molecule has 1 aromatic carbocycles. The molecule has 0 amide bonds. The van der Waals surface area contributed by atoms with Gasteiger partial charge in [-0.2, -0.15) is 0 Å². The Hall–Kier alpha value is -1.26. The van der Waals surface area contributed by atoms with E-state index in [9.17, 15) is 9.18 Å². The summed E-state index contributed by atoms with van der Waals surface area (Å²) < 4.78 is 12.7. The summed E-state index contributed by atoms with van der Waals surface area (Å²) in [6, 6.07) is 5.97. The molecule has 0 aliphatic carbocycles. The van der Waals surface area contributed by atoms with E-state index in [1.165, 1.54) is 12.1 Å². The molecule has 1 aliphatic rings. The summed E-state index contributed by atoms with van der Waals surface area (Å²) in [6.45, 7) is 2.63. The summed E-state index contributed by atoms with van der Waals surface area (Å²) in [5, 5.41) is 0. The van der Waals surface area contributed by atoms with Crippen molar-refractivity contribution in [3.8, 4) is 0 Å². The van der Waals surface area contributed by atoms with Crippen molar-refractivity contribution in [3.05, 3.63) is 35.6 Å². The van der Waals surface area contributed by atoms with Gasteiger partial charge in [0.25, 0.3) is 0 Å². The third-order valence-electron chi connectivity index (χ3n) is 3.36. The largest absolute Gasteiger partial charge is 0.327 e. The van der Waals surface area contributed by atoms with Gasteiger partial charge in [-0.1, -0.05) is 0 Å². The number of ketones is 1. The van der Waals surface area contributed by atoms with Crippen LogP contribution < -0.4 is 5.73 Å². The van der Waals surface area contributed by atoms with E-state index in [1.54, 1.807) is 12.1 Å². The number of nitrogens with zero attached hydrogens (tertiary/aromatic N) is 1. The molecule has 4 heteroatoms. The molecule has 1 atom stereocenters. The molecule has 18 heavy (non-hydrogen) atoms. The zero-order valence-corrected chi connectivity index (χ0v) is 10.4. The van der Waals surface area contributed by atoms with Crippen molar-refractivity contribution >= 4 is 5.78 Å². The van der Waals surface area contributed by atoms with Crippen LogP contribution in [0.25, 0.3) is 0 Å². The van der Waals surface area contributed by atoms with E-state index < -0.39 is 0 Å². The third kappa shape index (κ3) is 3.62. The maximum absolute atomic E-state index is 12.7. The van der Waals surface area contributed by atoms with Crippen LogP contribution in [0.4, 0.5) is 4.39 Å². The molecule has 0 saturated carbocycles. The molecule has 98 valence electrons. The van der Waals surface area contributed by atoms with E-state index in [2.05, 4.69) is 4.90 Å². The Kier molecular flexibility index (Phi) is 4.44. The summed E-state index contributed by atoms with van der Waals surface area (Å²) in [7, 11) is 0. The Balaban J connectivity index is 1.82. The minimum absolute atomic E-state index is 0.0640. The maximum atomic E-state index is 12.7. The topological polar surface area (TPSA) is 46.3 Å². The smallest absolute Gasteiger partial charge is 0.164 e. The lowest BCUT2D eigenvalue weighted by atomic mass is 10.0. The van der Waals surface area contributed by atoms with Crippen LogP contribution >= 0.6 is 0 Å². The van der Waals surface area contributed by atoms with E-state index in [0.717, 1.165) is 32.5 Å². The number of likely N-dealkylation sites (tertiary alicyclic amines) is 1. The predicted molar refractivity (Wildman–Crippen MR) is 69.0 cm³/mol. The highest BCUT2D eigenvalue weighted by atomic mass is 19.1. The van der Waals surface area contributed by atoms with Crippen molar-refractivity contribution in [1.82, 2.24) is 4.90 Å². The molecule has 1 saturated heterocycles. The van der Waals surface area contributed by atoms with Crippen molar-refractivity contribution in [2.45, 2.75) is 25.3 Å². The Bertz CT molecular complexity index is 405. The number of benzene rings is 1. The highest BCUT2D eigenvalue weighted by Crippen LogP contribution is 2.11. The van der Waals surface area contributed by atoms with Gasteiger partial charge < -0.3 is 10.6 Å². The highest BCUT2D eigenvalue weighted by molar-refractivity contribution is 5.96. The number of carbonyl (C=O) groups excluding carboxylic acids is 1. The maximum Gasteiger partial charge on any atom is 0.164 e. The van der Waals surface area contributed by atoms with Gasteiger partial charge in [0, 0.05) is 31.1 Å². The lowest BCUT2D eigenvalue weighted by Gasteiger charge is -2.30. The molecule has 3 nitrogen and oxygen atoms in total. The molecule has 0 spiro atoms. The molecule has 0 radical (unpaired) electrons. The molecule has 2 rings (SSSR count). The summed E-state index contributed by atoms with van der Waals surface area (Å²) in [4.78, 5) is 14.1. The minimum atomic E-state index is -0.312. The fraction of sp³-hybridized carbons (Fsp3) is 0.500. The van der Waals surface area contributed by atoms with Crippen LogP contribution in [0, 0.1) is 5.82 Å². The Morgan fingerprint density at radius 2 is 2.11 bits per heavy atom. The second kappa shape index (κ2) is 6.07. The standard InChI is InChI=1S/C14H19FN2O/c15-12-5-3-11(4-6-12)14(18)7-9-17-8-1-2-13(16)10-17/h3-6,13H,1-2,7-10,16H2. The molecule has 1 unspecified atom stereocenters. The first-order valence-corrected chi connectivity index (χ1v) is 6.42. The summed E-state index contributed by atoms with van der Waals surface area (Å²) in [6.07, 6.45) is 2.65. The molecule has 1 fully saturated rings. The van der Waals surface area contributed by atoms with Crippen molar-refractivity contribution in [2.24, 2.45) is 5.73 Å². The van der Waals surface area contributed by atoms with E-state index >= 15 is 0 Å². The van der Waals surface area contributed by atoms with Crippen LogP contribution in [0.1, 0.15) is 29.6 Å². The molecule has 1 heterocycles. The molecule has 1 aromatic rings. The quantitative estimate of drug-likeness (QED) is 0.829. The van der Waals surface area contributed by atoms with Gasteiger partial charge in [0.1, 0.15) is 5.82 Å². The Morgan fingerprint density at radius 1 is 1.39 bits per heavy atom. The van der Waals surface area contributed by atoms with Gasteiger partial charge >= 0.3 is 0 Å². The van der Waals surface area contributed by atoms with Gasteiger partial charge in [-0.3, -0.25) is 4.79 Å². The lowest BCUT2D eigenvalue weighted by Crippen LogP contribution is -2.43. The molecule has 2 N–H and O–H groups in total. The number of hydrogen-bond donors (Lipinski definition) is 1. The number of nitrogens with two attached hydrogens (primary N) is 1. The van der Waals surface area contributed by atoms with Crippen LogP contribution in [0.15, 0.2) is 24.3 Å². The number of rotatable bonds is 4. The Labute approximate surface area is 107 Å². The van der Waals surface area contributed by atoms with Crippen molar-refractivity contribution < 1.29 is 9.18 Å². The van der Waals surface area contributed by atoms with E-state index in [1.807, 2.05) is 0 Å². The molecule has 1 aliphatic heterocycles. The molecule has 0 bridgehead atoms. The first-order valence-electron chi connectivity index (χ1n) is 6.42. The predicted octanol–water partition coefficient (Wildman–Crippen LogP) is 1.82. The van der Waals surface area contributed by atoms with Crippen LogP contribution in [-0.4, -0.2) is 36.4 Å². The van der Waals surface area contributed by atoms with E-state index in [-0.39, 0.29) is 17.6 Å². The van der Waals surface area contributed by atoms with Crippen LogP contribution in [-0.2, 0) is 0 Å². The first-order chi connectivity index (χ1) is 8.65. The third-order valence-corrected chi connectivity index (χ3v) is 3.36. The van der Waals surface area contributed by atoms with Gasteiger partial charge in [-0.15, -0.1) is 0 Å². The monoisotopic (exact) mass is 250 g/mol. The normalized spacial score (nSPS) is 20.9. The summed E-state index contributed by atoms with van der Waals surface area (Å²) >= 11 is 0. The number of Topliss-reactive ketones (excluding diaryl/α,β-unsaturated/α-hetero) is 1. The second-order valence-electron chi connectivity index (χ2n) is 4.88. The van der Waals surface area contributed by atoms with Crippen molar-refractivity contribution in [2.75, 3.05) is 19.6 Å². The van der Waals surface area contributed by atoms with Gasteiger partial charge in [0.05, 0.1) is 0 Å². The number of hydrogen-bond acceptors (Lipinski definition) is 3. The summed E-state index contributed by atoms with van der Waals surface area (Å²) in [5.74, 6) is -0.248. The number of halogens is 1. The van der Waals surface area contributed by atoms with Gasteiger partial charge in [0.2, 0.25) is 0 Å².